The first-order valence-electron chi connectivity index (χ1n) is 7.81. The van der Waals surface area contributed by atoms with Crippen LogP contribution in [-0.4, -0.2) is 35.1 Å². The largest absolute Gasteiger partial charge is 0.396 e. The van der Waals surface area contributed by atoms with Gasteiger partial charge in [0.15, 0.2) is 0 Å². The molecule has 0 amide bonds. The highest BCUT2D eigenvalue weighted by Crippen LogP contribution is 2.48. The van der Waals surface area contributed by atoms with Crippen LogP contribution in [0.25, 0.3) is 0 Å². The van der Waals surface area contributed by atoms with E-state index in [0.717, 1.165) is 18.9 Å². The van der Waals surface area contributed by atoms with E-state index in [-0.39, 0.29) is 5.22 Å². The Morgan fingerprint density at radius 2 is 1.79 bits per heavy atom. The number of ether oxygens (including phenoxy) is 1. The van der Waals surface area contributed by atoms with Crippen LogP contribution in [0.5, 0.6) is 0 Å². The lowest BCUT2D eigenvalue weighted by Crippen LogP contribution is -2.68. The Bertz CT molecular complexity index is 256. The molecule has 0 aliphatic carbocycles. The van der Waals surface area contributed by atoms with Gasteiger partial charge in [-0.1, -0.05) is 39.5 Å². The Morgan fingerprint density at radius 3 is 2.26 bits per heavy atom. The van der Waals surface area contributed by atoms with E-state index in [1.807, 2.05) is 21.3 Å². The Hall–Kier alpha value is 0.0969. The second-order valence-corrected chi connectivity index (χ2v) is 9.40. The second kappa shape index (κ2) is 7.77. The Morgan fingerprint density at radius 1 is 1.11 bits per heavy atom. The SMILES string of the molecule is CCCCC1CCC[Si](OC)(OC)C1(CCC)OC. The topological polar surface area (TPSA) is 27.7 Å². The standard InChI is InChI=1S/C15H32O3Si/c1-6-8-10-14-11-9-13-19(17-4,18-5)15(14,16-3)12-7-2/h14H,6-13H2,1-5H3. The number of unbranched alkanes of at least 4 members (excludes halogenated alkanes) is 1. The Kier molecular flexibility index (Phi) is 7.01. The zero-order valence-corrected chi connectivity index (χ0v) is 14.5. The highest BCUT2D eigenvalue weighted by Gasteiger charge is 2.62. The van der Waals surface area contributed by atoms with E-state index in [0.29, 0.717) is 5.92 Å². The van der Waals surface area contributed by atoms with Gasteiger partial charge in [0.25, 0.3) is 0 Å². The maximum atomic E-state index is 6.14. The summed E-state index contributed by atoms with van der Waals surface area (Å²) in [6, 6.07) is 1.07. The molecule has 0 spiro atoms. The number of hydrogen-bond acceptors (Lipinski definition) is 3. The van der Waals surface area contributed by atoms with E-state index in [4.69, 9.17) is 13.6 Å². The highest BCUT2D eigenvalue weighted by atomic mass is 28.4. The molecule has 1 heterocycles. The molecule has 0 aromatic carbocycles. The lowest BCUT2D eigenvalue weighted by Gasteiger charge is -2.52. The predicted molar refractivity (Wildman–Crippen MR) is 81.5 cm³/mol. The van der Waals surface area contributed by atoms with Crippen LogP contribution in [0.2, 0.25) is 6.04 Å². The van der Waals surface area contributed by atoms with Crippen LogP contribution in [-0.2, 0) is 13.6 Å². The maximum absolute atomic E-state index is 6.14. The molecule has 1 saturated heterocycles. The lowest BCUT2D eigenvalue weighted by molar-refractivity contribution is -0.0566. The van der Waals surface area contributed by atoms with Crippen molar-refractivity contribution in [3.63, 3.8) is 0 Å². The number of methoxy groups -OCH3 is 1. The fourth-order valence-electron chi connectivity index (χ4n) is 3.99. The minimum atomic E-state index is -2.27. The van der Waals surface area contributed by atoms with Crippen molar-refractivity contribution < 1.29 is 13.6 Å². The molecule has 1 aliphatic heterocycles. The molecule has 0 radical (unpaired) electrons. The van der Waals surface area contributed by atoms with Crippen molar-refractivity contribution in [2.75, 3.05) is 21.3 Å². The van der Waals surface area contributed by atoms with Crippen molar-refractivity contribution in [1.82, 2.24) is 0 Å². The van der Waals surface area contributed by atoms with Gasteiger partial charge >= 0.3 is 8.56 Å². The van der Waals surface area contributed by atoms with Gasteiger partial charge in [0.05, 0.1) is 0 Å². The molecule has 19 heavy (non-hydrogen) atoms. The van der Waals surface area contributed by atoms with Crippen LogP contribution >= 0.6 is 0 Å². The van der Waals surface area contributed by atoms with Gasteiger partial charge < -0.3 is 13.6 Å². The van der Waals surface area contributed by atoms with Gasteiger partial charge in [-0.15, -0.1) is 0 Å². The fourth-order valence-corrected chi connectivity index (χ4v) is 8.20. The molecule has 1 rings (SSSR count). The average Bonchev–Trinajstić information content (AvgIpc) is 2.46. The zero-order valence-electron chi connectivity index (χ0n) is 13.5. The van der Waals surface area contributed by atoms with E-state index < -0.39 is 8.56 Å². The van der Waals surface area contributed by atoms with E-state index in [9.17, 15) is 0 Å². The third kappa shape index (κ3) is 3.07. The van der Waals surface area contributed by atoms with E-state index >= 15 is 0 Å². The smallest absolute Gasteiger partial charge is 0.371 e. The summed E-state index contributed by atoms with van der Waals surface area (Å²) < 4.78 is 18.1. The summed E-state index contributed by atoms with van der Waals surface area (Å²) >= 11 is 0. The van der Waals surface area contributed by atoms with Gasteiger partial charge in [-0.3, -0.25) is 0 Å². The molecule has 1 aliphatic rings. The molecule has 0 aromatic heterocycles. The summed E-state index contributed by atoms with van der Waals surface area (Å²) in [6.07, 6.45) is 8.43. The van der Waals surface area contributed by atoms with Crippen molar-refractivity contribution in [2.45, 2.75) is 70.1 Å². The van der Waals surface area contributed by atoms with E-state index in [2.05, 4.69) is 13.8 Å². The molecule has 0 N–H and O–H groups in total. The molecule has 0 saturated carbocycles. The monoisotopic (exact) mass is 288 g/mol. The van der Waals surface area contributed by atoms with Crippen LogP contribution < -0.4 is 0 Å². The summed E-state index contributed by atoms with van der Waals surface area (Å²) in [6.45, 7) is 4.49. The summed E-state index contributed by atoms with van der Waals surface area (Å²) in [5.74, 6) is 0.595. The molecule has 0 bridgehead atoms. The first-order chi connectivity index (χ1) is 9.16. The van der Waals surface area contributed by atoms with Crippen molar-refractivity contribution in [2.24, 2.45) is 5.92 Å². The summed E-state index contributed by atoms with van der Waals surface area (Å²) in [5, 5.41) is -0.154. The average molecular weight is 289 g/mol. The Balaban J connectivity index is 3.08. The van der Waals surface area contributed by atoms with Crippen molar-refractivity contribution in [1.29, 1.82) is 0 Å². The van der Waals surface area contributed by atoms with Crippen molar-refractivity contribution >= 4 is 8.56 Å². The summed E-state index contributed by atoms with van der Waals surface area (Å²) in [7, 11) is 3.24. The molecule has 2 atom stereocenters. The van der Waals surface area contributed by atoms with Gasteiger partial charge in [0.2, 0.25) is 0 Å². The molecular weight excluding hydrogens is 256 g/mol. The molecule has 114 valence electrons. The minimum Gasteiger partial charge on any atom is -0.396 e. The van der Waals surface area contributed by atoms with Crippen LogP contribution in [0.15, 0.2) is 0 Å². The maximum Gasteiger partial charge on any atom is 0.371 e. The molecule has 3 nitrogen and oxygen atoms in total. The predicted octanol–water partition coefficient (Wildman–Crippen LogP) is 4.05. The molecular formula is C15H32O3Si. The molecule has 4 heteroatoms. The summed E-state index contributed by atoms with van der Waals surface area (Å²) in [5.41, 5.74) is 0. The highest BCUT2D eigenvalue weighted by molar-refractivity contribution is 6.70. The van der Waals surface area contributed by atoms with E-state index in [1.54, 1.807) is 0 Å². The molecule has 2 unspecified atom stereocenters. The van der Waals surface area contributed by atoms with Crippen molar-refractivity contribution in [3.05, 3.63) is 0 Å². The van der Waals surface area contributed by atoms with Gasteiger partial charge in [0.1, 0.15) is 5.22 Å². The molecule has 1 fully saturated rings. The van der Waals surface area contributed by atoms with Gasteiger partial charge in [-0.05, 0) is 31.2 Å². The van der Waals surface area contributed by atoms with E-state index in [1.165, 1.54) is 32.1 Å². The quantitative estimate of drug-likeness (QED) is 0.631. The summed E-state index contributed by atoms with van der Waals surface area (Å²) in [4.78, 5) is 0. The lowest BCUT2D eigenvalue weighted by atomic mass is 9.87. The van der Waals surface area contributed by atoms with Gasteiger partial charge in [-0.25, -0.2) is 0 Å². The first kappa shape index (κ1) is 17.1. The fraction of sp³-hybridized carbons (Fsp3) is 1.00. The zero-order chi connectivity index (χ0) is 14.4. The molecule has 0 aromatic rings. The number of hydrogen-bond donors (Lipinski definition) is 0. The van der Waals surface area contributed by atoms with Crippen LogP contribution in [0.4, 0.5) is 0 Å². The second-order valence-electron chi connectivity index (χ2n) is 5.74. The third-order valence-corrected chi connectivity index (χ3v) is 9.40. The van der Waals surface area contributed by atoms with Gasteiger partial charge in [0, 0.05) is 21.3 Å². The van der Waals surface area contributed by atoms with Crippen molar-refractivity contribution in [3.8, 4) is 0 Å². The third-order valence-electron chi connectivity index (χ3n) is 4.91. The van der Waals surface area contributed by atoms with Crippen LogP contribution in [0.3, 0.4) is 0 Å². The minimum absolute atomic E-state index is 0.154. The van der Waals surface area contributed by atoms with Gasteiger partial charge in [-0.2, -0.15) is 0 Å². The normalized spacial score (nSPS) is 30.5. The first-order valence-corrected chi connectivity index (χ1v) is 9.84. The Labute approximate surface area is 120 Å². The number of rotatable bonds is 8. The van der Waals surface area contributed by atoms with Crippen LogP contribution in [0.1, 0.15) is 58.8 Å². The van der Waals surface area contributed by atoms with Crippen LogP contribution in [0, 0.1) is 5.92 Å².